The maximum Gasteiger partial charge on any atom is 0.164 e. The van der Waals surface area contributed by atoms with E-state index < -0.39 is 0 Å². The van der Waals surface area contributed by atoms with Crippen LogP contribution in [0.2, 0.25) is 0 Å². The molecule has 26 heavy (non-hydrogen) atoms. The summed E-state index contributed by atoms with van der Waals surface area (Å²) in [7, 11) is 0. The smallest absolute Gasteiger partial charge is 0.164 e. The second-order valence-corrected chi connectivity index (χ2v) is 5.81. The van der Waals surface area contributed by atoms with Crippen LogP contribution >= 0.6 is 0 Å². The third-order valence-corrected chi connectivity index (χ3v) is 3.86. The van der Waals surface area contributed by atoms with Crippen molar-refractivity contribution in [3.05, 3.63) is 78.1 Å². The molecule has 0 fully saturated rings. The lowest BCUT2D eigenvalue weighted by molar-refractivity contribution is -0.113. The number of para-hydroxylation sites is 1. The molecular weight excluding hydrogens is 326 g/mol. The number of hydrogen-bond acceptors (Lipinski definition) is 4. The molecule has 0 unspecified atom stereocenters. The fraction of sp³-hybridized carbons (Fsp3) is 0.0952. The lowest BCUT2D eigenvalue weighted by Crippen LogP contribution is -2.02. The highest BCUT2D eigenvalue weighted by Crippen LogP contribution is 2.26. The van der Waals surface area contributed by atoms with Crippen LogP contribution in [-0.2, 0) is 4.79 Å². The van der Waals surface area contributed by atoms with Gasteiger partial charge in [-0.3, -0.25) is 4.79 Å². The molecule has 130 valence electrons. The van der Waals surface area contributed by atoms with Gasteiger partial charge >= 0.3 is 0 Å². The monoisotopic (exact) mass is 345 g/mol. The molecule has 0 spiro atoms. The molecule has 0 aliphatic carbocycles. The van der Waals surface area contributed by atoms with Gasteiger partial charge in [0.15, 0.2) is 11.6 Å². The van der Waals surface area contributed by atoms with E-state index in [-0.39, 0.29) is 17.1 Å². The molecule has 5 nitrogen and oxygen atoms in total. The predicted octanol–water partition coefficient (Wildman–Crippen LogP) is 4.66. The van der Waals surface area contributed by atoms with Crippen LogP contribution in [0.3, 0.4) is 0 Å². The number of ketones is 1. The molecule has 5 heteroatoms. The first-order chi connectivity index (χ1) is 12.6. The molecule has 0 saturated carbocycles. The van der Waals surface area contributed by atoms with Crippen molar-refractivity contribution in [3.8, 4) is 16.9 Å². The first kappa shape index (κ1) is 17.4. The Labute approximate surface area is 152 Å². The third kappa shape index (κ3) is 3.78. The third-order valence-electron chi connectivity index (χ3n) is 3.86. The highest BCUT2D eigenvalue weighted by atomic mass is 16.3. The average molecular weight is 345 g/mol. The Hall–Kier alpha value is -3.47. The van der Waals surface area contributed by atoms with Crippen LogP contribution in [0.5, 0.6) is 0 Å². The van der Waals surface area contributed by atoms with Crippen molar-refractivity contribution >= 4 is 17.8 Å². The fourth-order valence-electron chi connectivity index (χ4n) is 2.54. The highest BCUT2D eigenvalue weighted by Gasteiger charge is 2.11. The number of carbonyl (C=O) groups excluding carboxylic acids is 1. The van der Waals surface area contributed by atoms with Crippen LogP contribution in [0.4, 0.5) is 5.82 Å². The van der Waals surface area contributed by atoms with Gasteiger partial charge in [-0.1, -0.05) is 48.5 Å². The summed E-state index contributed by atoms with van der Waals surface area (Å²) >= 11 is 0. The topological polar surface area (TPSA) is 67.5 Å². The minimum absolute atomic E-state index is 0.0599. The van der Waals surface area contributed by atoms with Gasteiger partial charge in [0.1, 0.15) is 5.76 Å². The number of aliphatic hydroxyl groups excluding tert-OH is 1. The number of benzene rings is 2. The minimum Gasteiger partial charge on any atom is -0.512 e. The van der Waals surface area contributed by atoms with Gasteiger partial charge in [0.2, 0.25) is 0 Å². The standard InChI is InChI=1S/C21H19N3O2/c1-15(25)19(16(2)26)14-22-21-13-20(17-9-5-3-6-10-17)23-24(21)18-11-7-4-8-12-18/h3-14,25H,1-2H3/b19-15+,22-14+. The van der Waals surface area contributed by atoms with E-state index in [2.05, 4.69) is 10.1 Å². The van der Waals surface area contributed by atoms with Crippen molar-refractivity contribution in [2.45, 2.75) is 13.8 Å². The Morgan fingerprint density at radius 1 is 1.04 bits per heavy atom. The van der Waals surface area contributed by atoms with E-state index in [1.807, 2.05) is 66.7 Å². The van der Waals surface area contributed by atoms with Crippen LogP contribution in [-0.4, -0.2) is 26.9 Å². The normalized spacial score (nSPS) is 12.2. The Balaban J connectivity index is 2.10. The van der Waals surface area contributed by atoms with Gasteiger partial charge in [-0.05, 0) is 26.0 Å². The number of allylic oxidation sites excluding steroid dienone is 2. The molecule has 0 aliphatic rings. The largest absolute Gasteiger partial charge is 0.512 e. The molecule has 0 radical (unpaired) electrons. The summed E-state index contributed by atoms with van der Waals surface area (Å²) in [6, 6.07) is 21.3. The van der Waals surface area contributed by atoms with E-state index in [9.17, 15) is 9.90 Å². The second-order valence-electron chi connectivity index (χ2n) is 5.81. The zero-order valence-electron chi connectivity index (χ0n) is 14.6. The lowest BCUT2D eigenvalue weighted by atomic mass is 10.1. The highest BCUT2D eigenvalue weighted by molar-refractivity contribution is 6.12. The first-order valence-corrected chi connectivity index (χ1v) is 8.22. The number of aromatic nitrogens is 2. The van der Waals surface area contributed by atoms with Gasteiger partial charge in [0.25, 0.3) is 0 Å². The first-order valence-electron chi connectivity index (χ1n) is 8.22. The zero-order valence-corrected chi connectivity index (χ0v) is 14.6. The van der Waals surface area contributed by atoms with Crippen molar-refractivity contribution in [2.24, 2.45) is 4.99 Å². The maximum atomic E-state index is 11.7. The zero-order chi connectivity index (χ0) is 18.5. The van der Waals surface area contributed by atoms with E-state index in [1.165, 1.54) is 20.1 Å². The Morgan fingerprint density at radius 3 is 2.23 bits per heavy atom. The Morgan fingerprint density at radius 2 is 1.65 bits per heavy atom. The van der Waals surface area contributed by atoms with E-state index in [4.69, 9.17) is 0 Å². The number of Topliss-reactive ketones (excluding diaryl/α,β-unsaturated/α-hetero) is 1. The van der Waals surface area contributed by atoms with Gasteiger partial charge in [0, 0.05) is 17.8 Å². The summed E-state index contributed by atoms with van der Waals surface area (Å²) < 4.78 is 1.71. The minimum atomic E-state index is -0.247. The maximum absolute atomic E-state index is 11.7. The van der Waals surface area contributed by atoms with Crippen LogP contribution in [0.25, 0.3) is 16.9 Å². The molecule has 1 heterocycles. The molecule has 0 bridgehead atoms. The summed E-state index contributed by atoms with van der Waals surface area (Å²) in [5, 5.41) is 14.3. The van der Waals surface area contributed by atoms with Gasteiger partial charge in [-0.2, -0.15) is 5.10 Å². The molecule has 1 aromatic heterocycles. The lowest BCUT2D eigenvalue weighted by Gasteiger charge is -2.04. The number of carbonyl (C=O) groups is 1. The molecule has 0 saturated heterocycles. The molecule has 1 N–H and O–H groups in total. The number of hydrogen-bond donors (Lipinski definition) is 1. The summed E-state index contributed by atoms with van der Waals surface area (Å²) in [6.45, 7) is 2.86. The average Bonchev–Trinajstić information content (AvgIpc) is 3.07. The van der Waals surface area contributed by atoms with Crippen LogP contribution in [0, 0.1) is 0 Å². The Bertz CT molecular complexity index is 967. The van der Waals surface area contributed by atoms with E-state index >= 15 is 0 Å². The Kier molecular flexibility index (Phi) is 5.08. The fourth-order valence-corrected chi connectivity index (χ4v) is 2.54. The summed E-state index contributed by atoms with van der Waals surface area (Å²) in [4.78, 5) is 16.1. The predicted molar refractivity (Wildman–Crippen MR) is 103 cm³/mol. The molecule has 3 rings (SSSR count). The molecule has 0 aliphatic heterocycles. The van der Waals surface area contributed by atoms with Crippen molar-refractivity contribution < 1.29 is 9.90 Å². The number of aliphatic hydroxyl groups is 1. The van der Waals surface area contributed by atoms with E-state index in [0.717, 1.165) is 16.9 Å². The number of nitrogens with zero attached hydrogens (tertiary/aromatic N) is 3. The summed E-state index contributed by atoms with van der Waals surface area (Å²) in [6.07, 6.45) is 1.38. The summed E-state index contributed by atoms with van der Waals surface area (Å²) in [5.41, 5.74) is 2.78. The van der Waals surface area contributed by atoms with Crippen molar-refractivity contribution in [1.29, 1.82) is 0 Å². The van der Waals surface area contributed by atoms with Crippen molar-refractivity contribution in [2.75, 3.05) is 0 Å². The van der Waals surface area contributed by atoms with Crippen molar-refractivity contribution in [1.82, 2.24) is 9.78 Å². The second kappa shape index (κ2) is 7.61. The van der Waals surface area contributed by atoms with Gasteiger partial charge in [-0.15, -0.1) is 0 Å². The van der Waals surface area contributed by atoms with Gasteiger partial charge in [-0.25, -0.2) is 9.67 Å². The quantitative estimate of drug-likeness (QED) is 0.415. The molecular formula is C21H19N3O2. The van der Waals surface area contributed by atoms with Crippen LogP contribution in [0.1, 0.15) is 13.8 Å². The molecule has 0 atom stereocenters. The van der Waals surface area contributed by atoms with E-state index in [1.54, 1.807) is 4.68 Å². The molecule has 2 aromatic carbocycles. The van der Waals surface area contributed by atoms with Crippen LogP contribution < -0.4 is 0 Å². The summed E-state index contributed by atoms with van der Waals surface area (Å²) in [5.74, 6) is 0.258. The number of aliphatic imine (C=N–C) groups is 1. The SMILES string of the molecule is CC(=O)C(/C=N/c1cc(-c2ccccc2)nn1-c1ccccc1)=C(\C)O. The van der Waals surface area contributed by atoms with Crippen molar-refractivity contribution in [3.63, 3.8) is 0 Å². The number of rotatable bonds is 5. The van der Waals surface area contributed by atoms with Gasteiger partial charge in [0.05, 0.1) is 17.0 Å². The van der Waals surface area contributed by atoms with Gasteiger partial charge < -0.3 is 5.11 Å². The molecule has 3 aromatic rings. The van der Waals surface area contributed by atoms with E-state index in [0.29, 0.717) is 5.82 Å². The molecule has 0 amide bonds. The van der Waals surface area contributed by atoms with Crippen LogP contribution in [0.15, 0.2) is 83.1 Å².